The molecule has 1 aliphatic rings. The van der Waals surface area contributed by atoms with Crippen molar-refractivity contribution in [3.8, 4) is 5.75 Å². The molecule has 0 aromatic heterocycles. The first-order valence-corrected chi connectivity index (χ1v) is 11.9. The largest absolute Gasteiger partial charge is 0.492 e. The molecule has 1 heterocycles. The number of hydrogen-bond donors (Lipinski definition) is 1. The van der Waals surface area contributed by atoms with Crippen molar-refractivity contribution in [1.29, 1.82) is 0 Å². The number of benzene rings is 3. The molecule has 0 atom stereocenters. The number of nitrogens with zero attached hydrogens (tertiary/aromatic N) is 1. The fourth-order valence-corrected chi connectivity index (χ4v) is 4.33. The molecule has 0 saturated carbocycles. The molecule has 0 unspecified atom stereocenters. The van der Waals surface area contributed by atoms with Crippen molar-refractivity contribution in [2.45, 2.75) is 47.0 Å². The van der Waals surface area contributed by atoms with Crippen LogP contribution in [0.3, 0.4) is 0 Å². The molecule has 0 bridgehead atoms. The molecule has 1 aliphatic heterocycles. The zero-order valence-electron chi connectivity index (χ0n) is 21.2. The summed E-state index contributed by atoms with van der Waals surface area (Å²) in [5, 5.41) is 3.27. The number of carbonyl (C=O) groups excluding carboxylic acids is 2. The van der Waals surface area contributed by atoms with E-state index in [1.807, 2.05) is 69.3 Å². The van der Waals surface area contributed by atoms with Gasteiger partial charge in [-0.05, 0) is 67.1 Å². The van der Waals surface area contributed by atoms with Gasteiger partial charge in [-0.2, -0.15) is 0 Å². The molecule has 3 aromatic carbocycles. The average Bonchev–Trinajstić information content (AvgIpc) is 3.04. The van der Waals surface area contributed by atoms with Gasteiger partial charge in [0.2, 0.25) is 0 Å². The molecule has 0 radical (unpaired) electrons. The van der Waals surface area contributed by atoms with E-state index in [0.29, 0.717) is 23.6 Å². The van der Waals surface area contributed by atoms with Gasteiger partial charge in [0, 0.05) is 5.69 Å². The highest BCUT2D eigenvalue weighted by molar-refractivity contribution is 6.46. The third-order valence-corrected chi connectivity index (χ3v) is 6.16. The van der Waals surface area contributed by atoms with Crippen molar-refractivity contribution >= 4 is 28.8 Å². The van der Waals surface area contributed by atoms with Gasteiger partial charge in [0.15, 0.2) is 0 Å². The lowest BCUT2D eigenvalue weighted by Crippen LogP contribution is -2.32. The first-order valence-electron chi connectivity index (χ1n) is 11.9. The Morgan fingerprint density at radius 2 is 1.57 bits per heavy atom. The second kappa shape index (κ2) is 9.41. The van der Waals surface area contributed by atoms with E-state index >= 15 is 0 Å². The van der Waals surface area contributed by atoms with Crippen LogP contribution in [0.5, 0.6) is 5.75 Å². The van der Waals surface area contributed by atoms with E-state index in [1.54, 1.807) is 18.2 Å². The minimum atomic E-state index is -0.406. The third kappa shape index (κ3) is 4.72. The predicted molar refractivity (Wildman–Crippen MR) is 142 cm³/mol. The van der Waals surface area contributed by atoms with E-state index in [2.05, 4.69) is 26.1 Å². The lowest BCUT2D eigenvalue weighted by molar-refractivity contribution is -0.120. The van der Waals surface area contributed by atoms with E-state index in [4.69, 9.17) is 4.74 Å². The molecule has 4 rings (SSSR count). The number of amides is 2. The van der Waals surface area contributed by atoms with Crippen molar-refractivity contribution in [3.05, 3.63) is 94.7 Å². The number of aryl methyl sites for hydroxylation is 2. The summed E-state index contributed by atoms with van der Waals surface area (Å²) in [6.07, 6.45) is 0. The molecule has 0 saturated heterocycles. The molecule has 0 fully saturated rings. The van der Waals surface area contributed by atoms with Crippen molar-refractivity contribution in [3.63, 3.8) is 0 Å². The van der Waals surface area contributed by atoms with Gasteiger partial charge in [0.05, 0.1) is 17.9 Å². The number of ether oxygens (including phenoxy) is 1. The number of carbonyl (C=O) groups is 2. The highest BCUT2D eigenvalue weighted by Crippen LogP contribution is 2.39. The van der Waals surface area contributed by atoms with Crippen LogP contribution in [-0.4, -0.2) is 18.4 Å². The Bertz CT molecular complexity index is 1310. The number of nitrogens with one attached hydrogen (secondary N) is 1. The maximum absolute atomic E-state index is 13.8. The molecule has 3 aromatic rings. The van der Waals surface area contributed by atoms with E-state index in [9.17, 15) is 9.59 Å². The van der Waals surface area contributed by atoms with E-state index in [0.717, 1.165) is 22.4 Å². The van der Waals surface area contributed by atoms with E-state index < -0.39 is 5.91 Å². The highest BCUT2D eigenvalue weighted by Gasteiger charge is 2.41. The highest BCUT2D eigenvalue weighted by atomic mass is 16.5. The second-order valence-electron chi connectivity index (χ2n) is 9.87. The standard InChI is InChI=1S/C30H32N2O3/c1-7-35-25-11-9-8-10-24(25)32-28(33)26(23-17-12-19(2)18-20(23)3)27(29(32)34)31-22-15-13-21(14-16-22)30(4,5)6/h8-18,31H,7H2,1-6H3. The fraction of sp³-hybridized carbons (Fsp3) is 0.267. The van der Waals surface area contributed by atoms with Gasteiger partial charge >= 0.3 is 0 Å². The number of para-hydroxylation sites is 2. The summed E-state index contributed by atoms with van der Waals surface area (Å²) in [5.74, 6) is -0.285. The maximum Gasteiger partial charge on any atom is 0.282 e. The van der Waals surface area contributed by atoms with Crippen molar-refractivity contribution in [2.75, 3.05) is 16.8 Å². The number of rotatable bonds is 6. The van der Waals surface area contributed by atoms with Crippen LogP contribution in [0, 0.1) is 13.8 Å². The molecular weight excluding hydrogens is 436 g/mol. The second-order valence-corrected chi connectivity index (χ2v) is 9.87. The summed E-state index contributed by atoms with van der Waals surface area (Å²) in [6.45, 7) is 12.7. The Balaban J connectivity index is 1.83. The minimum absolute atomic E-state index is 0.0148. The zero-order chi connectivity index (χ0) is 25.3. The predicted octanol–water partition coefficient (Wildman–Crippen LogP) is 6.40. The number of anilines is 2. The van der Waals surface area contributed by atoms with Gasteiger partial charge in [0.1, 0.15) is 11.4 Å². The third-order valence-electron chi connectivity index (χ3n) is 6.16. The van der Waals surface area contributed by atoms with Gasteiger partial charge in [-0.3, -0.25) is 9.59 Å². The first-order chi connectivity index (χ1) is 16.6. The van der Waals surface area contributed by atoms with Crippen molar-refractivity contribution in [2.24, 2.45) is 0 Å². The number of imide groups is 1. The molecule has 2 amide bonds. The van der Waals surface area contributed by atoms with Gasteiger partial charge in [-0.1, -0.05) is 68.8 Å². The molecule has 180 valence electrons. The summed E-state index contributed by atoms with van der Waals surface area (Å²) in [6, 6.07) is 21.0. The van der Waals surface area contributed by atoms with E-state index in [1.165, 1.54) is 10.5 Å². The van der Waals surface area contributed by atoms with Crippen LogP contribution in [0.25, 0.3) is 5.57 Å². The monoisotopic (exact) mass is 468 g/mol. The van der Waals surface area contributed by atoms with Crippen LogP contribution in [0.4, 0.5) is 11.4 Å². The normalized spacial score (nSPS) is 14.1. The van der Waals surface area contributed by atoms with E-state index in [-0.39, 0.29) is 17.0 Å². The average molecular weight is 469 g/mol. The first kappa shape index (κ1) is 24.3. The minimum Gasteiger partial charge on any atom is -0.492 e. The molecule has 0 spiro atoms. The Morgan fingerprint density at radius 1 is 0.886 bits per heavy atom. The molecule has 35 heavy (non-hydrogen) atoms. The zero-order valence-corrected chi connectivity index (χ0v) is 21.2. The van der Waals surface area contributed by atoms with Crippen LogP contribution >= 0.6 is 0 Å². The molecule has 1 N–H and O–H groups in total. The van der Waals surface area contributed by atoms with Gasteiger partial charge in [0.25, 0.3) is 11.8 Å². The Labute approximate surface area is 207 Å². The molecule has 5 nitrogen and oxygen atoms in total. The molecule has 5 heteroatoms. The Morgan fingerprint density at radius 3 is 2.20 bits per heavy atom. The van der Waals surface area contributed by atoms with Crippen LogP contribution < -0.4 is 15.0 Å². The van der Waals surface area contributed by atoms with Crippen LogP contribution in [0.2, 0.25) is 0 Å². The summed E-state index contributed by atoms with van der Waals surface area (Å²) in [5.41, 5.74) is 5.77. The topological polar surface area (TPSA) is 58.6 Å². The number of hydrogen-bond acceptors (Lipinski definition) is 4. The lowest BCUT2D eigenvalue weighted by Gasteiger charge is -2.20. The Kier molecular flexibility index (Phi) is 6.53. The van der Waals surface area contributed by atoms with Crippen molar-refractivity contribution in [1.82, 2.24) is 0 Å². The smallest absolute Gasteiger partial charge is 0.282 e. The van der Waals surface area contributed by atoms with Gasteiger partial charge < -0.3 is 10.1 Å². The lowest BCUT2D eigenvalue weighted by atomic mass is 9.87. The van der Waals surface area contributed by atoms with Crippen LogP contribution in [0.15, 0.2) is 72.4 Å². The van der Waals surface area contributed by atoms with Gasteiger partial charge in [-0.15, -0.1) is 0 Å². The van der Waals surface area contributed by atoms with Crippen LogP contribution in [-0.2, 0) is 15.0 Å². The van der Waals surface area contributed by atoms with Crippen molar-refractivity contribution < 1.29 is 14.3 Å². The Hall–Kier alpha value is -3.86. The molecule has 0 aliphatic carbocycles. The summed E-state index contributed by atoms with van der Waals surface area (Å²) >= 11 is 0. The summed E-state index contributed by atoms with van der Waals surface area (Å²) in [7, 11) is 0. The SMILES string of the molecule is CCOc1ccccc1N1C(=O)C(Nc2ccc(C(C)(C)C)cc2)=C(c2ccc(C)cc2C)C1=O. The quantitative estimate of drug-likeness (QED) is 0.426. The van der Waals surface area contributed by atoms with Crippen LogP contribution in [0.1, 0.15) is 49.9 Å². The summed E-state index contributed by atoms with van der Waals surface area (Å²) < 4.78 is 5.74. The molecular formula is C30H32N2O3. The maximum atomic E-state index is 13.8. The van der Waals surface area contributed by atoms with Gasteiger partial charge in [-0.25, -0.2) is 4.90 Å². The fourth-order valence-electron chi connectivity index (χ4n) is 4.33. The summed E-state index contributed by atoms with van der Waals surface area (Å²) in [4.78, 5) is 28.9.